The maximum atomic E-state index is 11.8. The lowest BCUT2D eigenvalue weighted by molar-refractivity contribution is 0.0993. The highest BCUT2D eigenvalue weighted by atomic mass is 127. The summed E-state index contributed by atoms with van der Waals surface area (Å²) in [5.41, 5.74) is 0.761. The first kappa shape index (κ1) is 10.8. The number of Topliss-reactive ketones (excluding diaryl/α,β-unsaturated/α-hetero) is 1. The molecule has 0 fully saturated rings. The third-order valence-corrected chi connectivity index (χ3v) is 3.39. The number of nitrogens with zero attached hydrogens (tertiary/aromatic N) is 1. The molecule has 0 radical (unpaired) electrons. The van der Waals surface area contributed by atoms with Gasteiger partial charge in [0, 0.05) is 20.7 Å². The molecule has 0 bridgehead atoms. The second-order valence-corrected chi connectivity index (χ2v) is 5.26. The summed E-state index contributed by atoms with van der Waals surface area (Å²) in [6, 6.07) is 7.62. The van der Waals surface area contributed by atoms with E-state index in [0.29, 0.717) is 6.42 Å². The second kappa shape index (κ2) is 4.85. The maximum absolute atomic E-state index is 11.8. The van der Waals surface area contributed by atoms with Crippen molar-refractivity contribution in [2.45, 2.75) is 6.42 Å². The summed E-state index contributed by atoms with van der Waals surface area (Å²) in [6.45, 7) is 0. The number of ketones is 1. The Bertz CT molecular complexity index is 467. The summed E-state index contributed by atoms with van der Waals surface area (Å²) in [7, 11) is 0. The zero-order valence-electron chi connectivity index (χ0n) is 7.81. The number of benzene rings is 1. The van der Waals surface area contributed by atoms with Crippen LogP contribution in [0.5, 0.6) is 0 Å². The van der Waals surface area contributed by atoms with Crippen molar-refractivity contribution in [3.8, 4) is 0 Å². The van der Waals surface area contributed by atoms with Crippen LogP contribution in [-0.2, 0) is 6.42 Å². The number of hydrogen-bond donors (Lipinski definition) is 0. The number of halogens is 1. The molecule has 1 aromatic heterocycles. The molecule has 0 amide bonds. The second-order valence-electron chi connectivity index (χ2n) is 3.04. The molecular weight excluding hydrogens is 321 g/mol. The summed E-state index contributed by atoms with van der Waals surface area (Å²) >= 11 is 3.72. The molecule has 0 aliphatic carbocycles. The molecule has 15 heavy (non-hydrogen) atoms. The van der Waals surface area contributed by atoms with E-state index >= 15 is 0 Å². The van der Waals surface area contributed by atoms with E-state index in [0.717, 1.165) is 14.1 Å². The minimum atomic E-state index is 0.128. The molecule has 1 heterocycles. The Morgan fingerprint density at radius 3 is 3.00 bits per heavy atom. The van der Waals surface area contributed by atoms with Gasteiger partial charge in [-0.25, -0.2) is 4.98 Å². The fourth-order valence-corrected chi connectivity index (χ4v) is 2.40. The highest BCUT2D eigenvalue weighted by molar-refractivity contribution is 14.1. The van der Waals surface area contributed by atoms with Crippen molar-refractivity contribution in [3.63, 3.8) is 0 Å². The fraction of sp³-hybridized carbons (Fsp3) is 0.0909. The third-order valence-electron chi connectivity index (χ3n) is 1.94. The first-order valence-corrected chi connectivity index (χ1v) is 6.38. The van der Waals surface area contributed by atoms with E-state index in [-0.39, 0.29) is 5.78 Å². The number of carbonyl (C=O) groups is 1. The van der Waals surface area contributed by atoms with Gasteiger partial charge in [0.2, 0.25) is 0 Å². The largest absolute Gasteiger partial charge is 0.294 e. The van der Waals surface area contributed by atoms with E-state index in [2.05, 4.69) is 27.6 Å². The Labute approximate surface area is 106 Å². The number of carbonyl (C=O) groups excluding carboxylic acids is 1. The molecule has 1 aromatic carbocycles. The Morgan fingerprint density at radius 2 is 2.33 bits per heavy atom. The predicted octanol–water partition coefficient (Wildman–Crippen LogP) is 3.17. The molecule has 0 unspecified atom stereocenters. The summed E-state index contributed by atoms with van der Waals surface area (Å²) in [5, 5.41) is 2.76. The lowest BCUT2D eigenvalue weighted by atomic mass is 10.1. The van der Waals surface area contributed by atoms with Crippen LogP contribution < -0.4 is 0 Å². The fourth-order valence-electron chi connectivity index (χ4n) is 1.24. The van der Waals surface area contributed by atoms with Crippen LogP contribution in [0.2, 0.25) is 0 Å². The Hall–Kier alpha value is -0.750. The Balaban J connectivity index is 2.15. The highest BCUT2D eigenvalue weighted by Gasteiger charge is 2.08. The van der Waals surface area contributed by atoms with E-state index in [1.54, 1.807) is 6.20 Å². The minimum Gasteiger partial charge on any atom is -0.294 e. The van der Waals surface area contributed by atoms with Gasteiger partial charge in [-0.1, -0.05) is 12.1 Å². The number of hydrogen-bond acceptors (Lipinski definition) is 3. The van der Waals surface area contributed by atoms with Gasteiger partial charge in [-0.15, -0.1) is 11.3 Å². The number of thiazole rings is 1. The van der Waals surface area contributed by atoms with Gasteiger partial charge >= 0.3 is 0 Å². The molecule has 0 aliphatic heterocycles. The molecule has 2 aromatic rings. The average molecular weight is 329 g/mol. The van der Waals surface area contributed by atoms with Crippen LogP contribution in [0.4, 0.5) is 0 Å². The SMILES string of the molecule is O=C(Cc1nccs1)c1cccc(I)c1. The van der Waals surface area contributed by atoms with Crippen molar-refractivity contribution in [1.82, 2.24) is 4.98 Å². The summed E-state index contributed by atoms with van der Waals surface area (Å²) in [5.74, 6) is 0.128. The van der Waals surface area contributed by atoms with Crippen molar-refractivity contribution in [1.29, 1.82) is 0 Å². The van der Waals surface area contributed by atoms with Crippen LogP contribution in [0.1, 0.15) is 15.4 Å². The van der Waals surface area contributed by atoms with Gasteiger partial charge in [-0.2, -0.15) is 0 Å². The van der Waals surface area contributed by atoms with E-state index in [1.807, 2.05) is 29.6 Å². The summed E-state index contributed by atoms with van der Waals surface area (Å²) < 4.78 is 1.08. The van der Waals surface area contributed by atoms with Gasteiger partial charge in [-0.05, 0) is 34.7 Å². The van der Waals surface area contributed by atoms with Gasteiger partial charge in [-0.3, -0.25) is 4.79 Å². The zero-order valence-corrected chi connectivity index (χ0v) is 10.8. The van der Waals surface area contributed by atoms with E-state index in [9.17, 15) is 4.79 Å². The van der Waals surface area contributed by atoms with Crippen molar-refractivity contribution in [2.75, 3.05) is 0 Å². The van der Waals surface area contributed by atoms with E-state index < -0.39 is 0 Å². The van der Waals surface area contributed by atoms with Gasteiger partial charge < -0.3 is 0 Å². The standard InChI is InChI=1S/C11H8INOS/c12-9-3-1-2-8(6-9)10(14)7-11-13-4-5-15-11/h1-6H,7H2. The maximum Gasteiger partial charge on any atom is 0.169 e. The van der Waals surface area contributed by atoms with Gasteiger partial charge in [0.15, 0.2) is 5.78 Å². The molecule has 0 saturated heterocycles. The van der Waals surface area contributed by atoms with Crippen molar-refractivity contribution in [2.24, 2.45) is 0 Å². The smallest absolute Gasteiger partial charge is 0.169 e. The topological polar surface area (TPSA) is 30.0 Å². The monoisotopic (exact) mass is 329 g/mol. The normalized spacial score (nSPS) is 10.2. The lowest BCUT2D eigenvalue weighted by Crippen LogP contribution is -2.03. The van der Waals surface area contributed by atoms with Gasteiger partial charge in [0.05, 0.1) is 6.42 Å². The summed E-state index contributed by atoms with van der Waals surface area (Å²) in [6.07, 6.45) is 2.12. The van der Waals surface area contributed by atoms with E-state index in [1.165, 1.54) is 11.3 Å². The molecule has 4 heteroatoms. The van der Waals surface area contributed by atoms with E-state index in [4.69, 9.17) is 0 Å². The third kappa shape index (κ3) is 2.85. The van der Waals surface area contributed by atoms with Crippen LogP contribution in [-0.4, -0.2) is 10.8 Å². The molecule has 0 atom stereocenters. The zero-order chi connectivity index (χ0) is 10.7. The lowest BCUT2D eigenvalue weighted by Gasteiger charge is -1.99. The van der Waals surface area contributed by atoms with Crippen LogP contribution >= 0.6 is 33.9 Å². The molecule has 0 spiro atoms. The summed E-state index contributed by atoms with van der Waals surface area (Å²) in [4.78, 5) is 15.9. The Kier molecular flexibility index (Phi) is 3.48. The molecule has 0 saturated carbocycles. The molecule has 2 nitrogen and oxygen atoms in total. The van der Waals surface area contributed by atoms with Crippen LogP contribution in [0.3, 0.4) is 0 Å². The van der Waals surface area contributed by atoms with Crippen molar-refractivity contribution >= 4 is 39.7 Å². The molecule has 0 N–H and O–H groups in total. The number of rotatable bonds is 3. The quantitative estimate of drug-likeness (QED) is 0.640. The van der Waals surface area contributed by atoms with Gasteiger partial charge in [0.25, 0.3) is 0 Å². The molecule has 0 aliphatic rings. The minimum absolute atomic E-state index is 0.128. The van der Waals surface area contributed by atoms with Crippen LogP contribution in [0.25, 0.3) is 0 Å². The Morgan fingerprint density at radius 1 is 1.47 bits per heavy atom. The highest BCUT2D eigenvalue weighted by Crippen LogP contribution is 2.12. The van der Waals surface area contributed by atoms with Crippen molar-refractivity contribution in [3.05, 3.63) is 50.0 Å². The molecule has 2 rings (SSSR count). The first-order valence-electron chi connectivity index (χ1n) is 4.43. The molecule has 76 valence electrons. The number of aromatic nitrogens is 1. The average Bonchev–Trinajstić information content (AvgIpc) is 2.70. The van der Waals surface area contributed by atoms with Crippen molar-refractivity contribution < 1.29 is 4.79 Å². The van der Waals surface area contributed by atoms with Gasteiger partial charge in [0.1, 0.15) is 5.01 Å². The van der Waals surface area contributed by atoms with Crippen LogP contribution in [0.15, 0.2) is 35.8 Å². The first-order chi connectivity index (χ1) is 7.25. The predicted molar refractivity (Wildman–Crippen MR) is 69.3 cm³/mol. The molecular formula is C11H8INOS. The van der Waals surface area contributed by atoms with Crippen LogP contribution in [0, 0.1) is 3.57 Å².